The third-order valence-electron chi connectivity index (χ3n) is 10.3. The summed E-state index contributed by atoms with van der Waals surface area (Å²) in [5, 5.41) is 8.93. The first-order valence-electron chi connectivity index (χ1n) is 17.4. The summed E-state index contributed by atoms with van der Waals surface area (Å²) in [5.41, 5.74) is 11.7. The zero-order chi connectivity index (χ0) is 33.9. The van der Waals surface area contributed by atoms with Crippen LogP contribution in [0.2, 0.25) is 0 Å². The Balaban J connectivity index is 1.03. The molecular weight excluding hydrogens is 639 g/mol. The van der Waals surface area contributed by atoms with Crippen molar-refractivity contribution in [2.75, 3.05) is 0 Å². The summed E-state index contributed by atoms with van der Waals surface area (Å²) in [4.78, 5) is 5.10. The Labute approximate surface area is 300 Å². The molecule has 0 amide bonds. The Hall–Kier alpha value is -6.23. The SMILES string of the molecule is CC1(n2c3ccccc3c3cc(-c4cccc5c4sc4ccccc45)ccc32)N=CC=C(c2cccc(-c3ccc(-c4ccccc4)cc3)c2)N1. The molecule has 0 bridgehead atoms. The van der Waals surface area contributed by atoms with Crippen LogP contribution in [0.3, 0.4) is 0 Å². The van der Waals surface area contributed by atoms with Crippen molar-refractivity contribution < 1.29 is 0 Å². The minimum absolute atomic E-state index is 0.744. The van der Waals surface area contributed by atoms with Gasteiger partial charge in [0.05, 0.1) is 11.0 Å². The molecule has 9 aromatic rings. The number of benzene rings is 7. The fourth-order valence-electron chi connectivity index (χ4n) is 7.80. The molecule has 4 heteroatoms. The van der Waals surface area contributed by atoms with Gasteiger partial charge in [0.15, 0.2) is 0 Å². The normalized spacial score (nSPS) is 15.8. The van der Waals surface area contributed by atoms with Gasteiger partial charge in [-0.3, -0.25) is 4.57 Å². The van der Waals surface area contributed by atoms with E-state index in [-0.39, 0.29) is 0 Å². The lowest BCUT2D eigenvalue weighted by Crippen LogP contribution is -2.43. The van der Waals surface area contributed by atoms with Crippen LogP contribution in [0.25, 0.3) is 81.1 Å². The van der Waals surface area contributed by atoms with Crippen molar-refractivity contribution >= 4 is 65.2 Å². The van der Waals surface area contributed by atoms with Crippen LogP contribution in [-0.2, 0) is 5.79 Å². The van der Waals surface area contributed by atoms with Crippen molar-refractivity contribution in [2.24, 2.45) is 4.99 Å². The summed E-state index contributed by atoms with van der Waals surface area (Å²) < 4.78 is 5.01. The molecule has 10 rings (SSSR count). The van der Waals surface area contributed by atoms with Gasteiger partial charge in [-0.2, -0.15) is 0 Å². The summed E-state index contributed by atoms with van der Waals surface area (Å²) in [5.74, 6) is -0.744. The highest BCUT2D eigenvalue weighted by atomic mass is 32.1. The Morgan fingerprint density at radius 1 is 0.510 bits per heavy atom. The highest BCUT2D eigenvalue weighted by molar-refractivity contribution is 7.26. The van der Waals surface area contributed by atoms with Gasteiger partial charge < -0.3 is 5.32 Å². The lowest BCUT2D eigenvalue weighted by atomic mass is 9.98. The average Bonchev–Trinajstić information content (AvgIpc) is 3.75. The van der Waals surface area contributed by atoms with Crippen molar-refractivity contribution in [1.82, 2.24) is 9.88 Å². The summed E-state index contributed by atoms with van der Waals surface area (Å²) in [6.07, 6.45) is 4.03. The number of nitrogens with zero attached hydrogens (tertiary/aromatic N) is 2. The van der Waals surface area contributed by atoms with Gasteiger partial charge in [-0.15, -0.1) is 11.3 Å². The van der Waals surface area contributed by atoms with E-state index in [9.17, 15) is 0 Å². The smallest absolute Gasteiger partial charge is 0.208 e. The predicted molar refractivity (Wildman–Crippen MR) is 218 cm³/mol. The van der Waals surface area contributed by atoms with Gasteiger partial charge in [-0.25, -0.2) is 4.99 Å². The Bertz CT molecular complexity index is 2840. The molecule has 1 atom stereocenters. The van der Waals surface area contributed by atoms with Gasteiger partial charge >= 0.3 is 0 Å². The minimum atomic E-state index is -0.744. The second kappa shape index (κ2) is 11.7. The number of fused-ring (bicyclic) bond motifs is 6. The molecule has 1 aliphatic heterocycles. The van der Waals surface area contributed by atoms with E-state index in [1.807, 2.05) is 17.6 Å². The number of para-hydroxylation sites is 1. The van der Waals surface area contributed by atoms with E-state index >= 15 is 0 Å². The topological polar surface area (TPSA) is 29.3 Å². The molecule has 1 unspecified atom stereocenters. The molecule has 51 heavy (non-hydrogen) atoms. The molecule has 2 aromatic heterocycles. The van der Waals surface area contributed by atoms with E-state index < -0.39 is 5.79 Å². The summed E-state index contributed by atoms with van der Waals surface area (Å²) in [6, 6.07) is 59.1. The van der Waals surface area contributed by atoms with Crippen molar-refractivity contribution in [3.63, 3.8) is 0 Å². The predicted octanol–water partition coefficient (Wildman–Crippen LogP) is 12.5. The van der Waals surface area contributed by atoms with Gasteiger partial charge in [0.1, 0.15) is 0 Å². The molecule has 0 spiro atoms. The van der Waals surface area contributed by atoms with Crippen LogP contribution < -0.4 is 5.32 Å². The maximum atomic E-state index is 5.10. The third-order valence-corrected chi connectivity index (χ3v) is 11.5. The molecule has 3 nitrogen and oxygen atoms in total. The molecule has 7 aromatic carbocycles. The van der Waals surface area contributed by atoms with Crippen LogP contribution >= 0.6 is 11.3 Å². The fourth-order valence-corrected chi connectivity index (χ4v) is 9.04. The number of allylic oxidation sites excluding steroid dienone is 1. The van der Waals surface area contributed by atoms with E-state index in [0.717, 1.165) is 22.3 Å². The Morgan fingerprint density at radius 3 is 2.00 bits per heavy atom. The first-order valence-corrected chi connectivity index (χ1v) is 18.2. The van der Waals surface area contributed by atoms with Crippen molar-refractivity contribution in [3.05, 3.63) is 175 Å². The second-order valence-corrected chi connectivity index (χ2v) is 14.4. The van der Waals surface area contributed by atoms with Gasteiger partial charge in [0.2, 0.25) is 5.79 Å². The molecular formula is C47H33N3S. The van der Waals surface area contributed by atoms with Gasteiger partial charge in [0.25, 0.3) is 0 Å². The van der Waals surface area contributed by atoms with E-state index in [1.54, 1.807) is 0 Å². The maximum Gasteiger partial charge on any atom is 0.208 e. The van der Waals surface area contributed by atoms with Crippen LogP contribution in [-0.4, -0.2) is 10.8 Å². The number of hydrogen-bond acceptors (Lipinski definition) is 3. The number of aliphatic imine (C=N–C) groups is 1. The molecule has 0 saturated carbocycles. The largest absolute Gasteiger partial charge is 0.344 e. The lowest BCUT2D eigenvalue weighted by molar-refractivity contribution is 0.317. The van der Waals surface area contributed by atoms with Gasteiger partial charge in [-0.1, -0.05) is 133 Å². The Morgan fingerprint density at radius 2 is 1.14 bits per heavy atom. The number of hydrogen-bond donors (Lipinski definition) is 1. The molecule has 0 radical (unpaired) electrons. The zero-order valence-corrected chi connectivity index (χ0v) is 28.9. The van der Waals surface area contributed by atoms with Crippen molar-refractivity contribution in [3.8, 4) is 33.4 Å². The van der Waals surface area contributed by atoms with Crippen LogP contribution in [0, 0.1) is 0 Å². The molecule has 0 saturated heterocycles. The Kier molecular flexibility index (Phi) is 6.80. The highest BCUT2D eigenvalue weighted by Gasteiger charge is 2.31. The quantitative estimate of drug-likeness (QED) is 0.194. The maximum absolute atomic E-state index is 5.10. The van der Waals surface area contributed by atoms with Crippen LogP contribution in [0.4, 0.5) is 0 Å². The molecule has 1 aliphatic rings. The monoisotopic (exact) mass is 671 g/mol. The molecule has 242 valence electrons. The first kappa shape index (κ1) is 29.7. The van der Waals surface area contributed by atoms with E-state index in [4.69, 9.17) is 4.99 Å². The van der Waals surface area contributed by atoms with Crippen LogP contribution in [0.15, 0.2) is 175 Å². The van der Waals surface area contributed by atoms with Crippen LogP contribution in [0.5, 0.6) is 0 Å². The minimum Gasteiger partial charge on any atom is -0.344 e. The second-order valence-electron chi connectivity index (χ2n) is 13.4. The fraction of sp³-hybridized carbons (Fsp3) is 0.0426. The number of thiophene rings is 1. The van der Waals surface area contributed by atoms with Gasteiger partial charge in [0, 0.05) is 42.9 Å². The average molecular weight is 672 g/mol. The summed E-state index contributed by atoms with van der Waals surface area (Å²) >= 11 is 1.88. The molecule has 1 N–H and O–H groups in total. The lowest BCUT2D eigenvalue weighted by Gasteiger charge is -2.34. The number of aromatic nitrogens is 1. The van der Waals surface area contributed by atoms with Crippen molar-refractivity contribution in [1.29, 1.82) is 0 Å². The summed E-state index contributed by atoms with van der Waals surface area (Å²) in [6.45, 7) is 2.17. The van der Waals surface area contributed by atoms with Gasteiger partial charge in [-0.05, 0) is 82.3 Å². The molecule has 0 fully saturated rings. The van der Waals surface area contributed by atoms with Crippen LogP contribution in [0.1, 0.15) is 12.5 Å². The molecule has 0 aliphatic carbocycles. The number of rotatable bonds is 5. The molecule has 3 heterocycles. The zero-order valence-electron chi connectivity index (χ0n) is 28.0. The standard InChI is InChI=1S/C47H33N3S/c1-47(48-28-27-42(49-47)36-14-9-13-34(29-36)33-23-21-32(22-24-33)31-11-3-2-4-12-31)50-43-19-7-5-15-38(43)41-30-35(25-26-44(41)50)37-17-10-18-40-39-16-6-8-20-45(39)51-46(37)40/h2-30,49H,1H3. The van der Waals surface area contributed by atoms with E-state index in [0.29, 0.717) is 0 Å². The highest BCUT2D eigenvalue weighted by Crippen LogP contribution is 2.42. The third kappa shape index (κ3) is 4.91. The number of nitrogens with one attached hydrogen (secondary N) is 1. The first-order chi connectivity index (χ1) is 25.1. The summed E-state index contributed by atoms with van der Waals surface area (Å²) in [7, 11) is 0. The van der Waals surface area contributed by atoms with Crippen molar-refractivity contribution in [2.45, 2.75) is 12.7 Å². The van der Waals surface area contributed by atoms with E-state index in [1.165, 1.54) is 64.3 Å². The van der Waals surface area contributed by atoms with E-state index in [2.05, 4.69) is 187 Å².